The number of guanidine groups is 1. The van der Waals surface area contributed by atoms with Crippen molar-refractivity contribution in [1.29, 1.82) is 0 Å². The number of ether oxygens (including phenoxy) is 1. The zero-order valence-corrected chi connectivity index (χ0v) is 17.1. The van der Waals surface area contributed by atoms with Gasteiger partial charge in [-0.3, -0.25) is 9.79 Å². The molecule has 2 fully saturated rings. The molecule has 1 aromatic rings. The maximum Gasteiger partial charge on any atom is 0.251 e. The Kier molecular flexibility index (Phi) is 7.49. The van der Waals surface area contributed by atoms with Crippen molar-refractivity contribution in [1.82, 2.24) is 16.0 Å². The molecule has 2 aliphatic rings. The monoisotopic (exact) mass is 458 g/mol. The van der Waals surface area contributed by atoms with Crippen LogP contribution in [-0.4, -0.2) is 50.3 Å². The van der Waals surface area contributed by atoms with Crippen LogP contribution in [0.25, 0.3) is 0 Å². The van der Waals surface area contributed by atoms with Crippen molar-refractivity contribution in [3.8, 4) is 0 Å². The van der Waals surface area contributed by atoms with E-state index in [9.17, 15) is 4.79 Å². The molecule has 25 heavy (non-hydrogen) atoms. The van der Waals surface area contributed by atoms with Crippen LogP contribution in [0.2, 0.25) is 0 Å². The molecule has 0 aromatic heterocycles. The van der Waals surface area contributed by atoms with Gasteiger partial charge in [0, 0.05) is 25.7 Å². The Hall–Kier alpha value is -1.35. The molecule has 0 spiro atoms. The highest BCUT2D eigenvalue weighted by Gasteiger charge is 2.41. The smallest absolute Gasteiger partial charge is 0.251 e. The van der Waals surface area contributed by atoms with E-state index in [-0.39, 0.29) is 29.9 Å². The number of rotatable bonds is 5. The number of halogens is 1. The van der Waals surface area contributed by atoms with E-state index in [0.29, 0.717) is 36.9 Å². The summed E-state index contributed by atoms with van der Waals surface area (Å²) in [5.74, 6) is 0.714. The molecule has 2 bridgehead atoms. The van der Waals surface area contributed by atoms with E-state index >= 15 is 0 Å². The van der Waals surface area contributed by atoms with Crippen LogP contribution in [0.4, 0.5) is 0 Å². The highest BCUT2D eigenvalue weighted by molar-refractivity contribution is 14.0. The molecule has 6 nitrogen and oxygen atoms in total. The van der Waals surface area contributed by atoms with Crippen molar-refractivity contribution in [3.05, 3.63) is 35.4 Å². The van der Waals surface area contributed by atoms with E-state index in [4.69, 9.17) is 4.74 Å². The standard InChI is InChI=1S/C18H26N4O2.HI/c1-12-4-3-5-13(10-12)17(23)20-8-9-21-18(19-2)22-15-11-14-6-7-16(15)24-14;/h3-5,10,14-16H,6-9,11H2,1-2H3,(H,20,23)(H2,19,21,22);1H. The Morgan fingerprint density at radius 2 is 2.08 bits per heavy atom. The van der Waals surface area contributed by atoms with Crippen molar-refractivity contribution in [2.45, 2.75) is 44.4 Å². The summed E-state index contributed by atoms with van der Waals surface area (Å²) in [5, 5.41) is 9.59. The van der Waals surface area contributed by atoms with Crippen molar-refractivity contribution in [2.75, 3.05) is 20.1 Å². The molecule has 2 heterocycles. The molecule has 3 atom stereocenters. The predicted molar refractivity (Wildman–Crippen MR) is 110 cm³/mol. The summed E-state index contributed by atoms with van der Waals surface area (Å²) >= 11 is 0. The Balaban J connectivity index is 0.00000225. The molecule has 3 unspecified atom stereocenters. The second-order valence-electron chi connectivity index (χ2n) is 6.48. The van der Waals surface area contributed by atoms with Gasteiger partial charge in [0.15, 0.2) is 5.96 Å². The van der Waals surface area contributed by atoms with Crippen molar-refractivity contribution in [3.63, 3.8) is 0 Å². The summed E-state index contributed by atoms with van der Waals surface area (Å²) in [4.78, 5) is 16.3. The Morgan fingerprint density at radius 3 is 2.72 bits per heavy atom. The molecule has 0 aliphatic carbocycles. The summed E-state index contributed by atoms with van der Waals surface area (Å²) in [6, 6.07) is 7.93. The molecule has 2 aliphatic heterocycles. The third kappa shape index (κ3) is 5.31. The number of benzene rings is 1. The molecule has 7 heteroatoms. The van der Waals surface area contributed by atoms with Gasteiger partial charge in [0.05, 0.1) is 18.2 Å². The first-order valence-corrected chi connectivity index (χ1v) is 8.63. The number of hydrogen-bond donors (Lipinski definition) is 3. The number of fused-ring (bicyclic) bond motifs is 2. The number of aryl methyl sites for hydroxylation is 1. The van der Waals surface area contributed by atoms with Gasteiger partial charge in [-0.15, -0.1) is 24.0 Å². The number of amides is 1. The van der Waals surface area contributed by atoms with Crippen LogP contribution in [0.15, 0.2) is 29.3 Å². The van der Waals surface area contributed by atoms with Crippen molar-refractivity contribution < 1.29 is 9.53 Å². The minimum absolute atomic E-state index is 0. The number of hydrogen-bond acceptors (Lipinski definition) is 3. The summed E-state index contributed by atoms with van der Waals surface area (Å²) in [7, 11) is 1.76. The van der Waals surface area contributed by atoms with Crippen LogP contribution >= 0.6 is 24.0 Å². The van der Waals surface area contributed by atoms with Gasteiger partial charge in [-0.25, -0.2) is 0 Å². The van der Waals surface area contributed by atoms with Gasteiger partial charge >= 0.3 is 0 Å². The zero-order valence-electron chi connectivity index (χ0n) is 14.7. The highest BCUT2D eigenvalue weighted by Crippen LogP contribution is 2.34. The highest BCUT2D eigenvalue weighted by atomic mass is 127. The van der Waals surface area contributed by atoms with Crippen LogP contribution < -0.4 is 16.0 Å². The maximum atomic E-state index is 12.1. The zero-order chi connectivity index (χ0) is 16.9. The minimum Gasteiger partial charge on any atom is -0.373 e. The first-order chi connectivity index (χ1) is 11.7. The normalized spacial score (nSPS) is 24.6. The molecule has 1 amide bonds. The molecule has 2 saturated heterocycles. The predicted octanol–water partition coefficient (Wildman–Crippen LogP) is 1.83. The van der Waals surface area contributed by atoms with Gasteiger partial charge in [-0.2, -0.15) is 0 Å². The third-order valence-corrected chi connectivity index (χ3v) is 4.63. The van der Waals surface area contributed by atoms with E-state index in [1.54, 1.807) is 7.05 Å². The molecular formula is C18H27IN4O2. The number of nitrogens with one attached hydrogen (secondary N) is 3. The lowest BCUT2D eigenvalue weighted by Gasteiger charge is -2.22. The topological polar surface area (TPSA) is 74.8 Å². The van der Waals surface area contributed by atoms with E-state index in [2.05, 4.69) is 20.9 Å². The van der Waals surface area contributed by atoms with Crippen LogP contribution in [-0.2, 0) is 4.74 Å². The van der Waals surface area contributed by atoms with Gasteiger partial charge in [0.2, 0.25) is 0 Å². The van der Waals surface area contributed by atoms with Crippen molar-refractivity contribution in [2.24, 2.45) is 4.99 Å². The van der Waals surface area contributed by atoms with Gasteiger partial charge < -0.3 is 20.7 Å². The van der Waals surface area contributed by atoms with E-state index in [0.717, 1.165) is 24.4 Å². The van der Waals surface area contributed by atoms with Crippen LogP contribution in [0, 0.1) is 6.92 Å². The Morgan fingerprint density at radius 1 is 1.28 bits per heavy atom. The fourth-order valence-corrected chi connectivity index (χ4v) is 3.41. The Labute approximate surface area is 166 Å². The second kappa shape index (κ2) is 9.38. The average molecular weight is 458 g/mol. The number of carbonyl (C=O) groups is 1. The molecule has 3 N–H and O–H groups in total. The maximum absolute atomic E-state index is 12.1. The van der Waals surface area contributed by atoms with Gasteiger partial charge in [0.25, 0.3) is 5.91 Å². The number of carbonyl (C=O) groups excluding carboxylic acids is 1. The fraction of sp³-hybridized carbons (Fsp3) is 0.556. The van der Waals surface area contributed by atoms with Crippen LogP contribution in [0.1, 0.15) is 35.2 Å². The van der Waals surface area contributed by atoms with Gasteiger partial charge in [-0.1, -0.05) is 17.7 Å². The molecule has 0 radical (unpaired) electrons. The summed E-state index contributed by atoms with van der Waals surface area (Å²) in [5.41, 5.74) is 1.77. The average Bonchev–Trinajstić information content (AvgIpc) is 3.20. The van der Waals surface area contributed by atoms with E-state index in [1.165, 1.54) is 6.42 Å². The quantitative estimate of drug-likeness (QED) is 0.273. The molecular weight excluding hydrogens is 431 g/mol. The lowest BCUT2D eigenvalue weighted by atomic mass is 9.96. The third-order valence-electron chi connectivity index (χ3n) is 4.63. The lowest BCUT2D eigenvalue weighted by molar-refractivity contribution is 0.0954. The van der Waals surface area contributed by atoms with Crippen molar-refractivity contribution >= 4 is 35.8 Å². The number of nitrogens with zero attached hydrogens (tertiary/aromatic N) is 1. The SMILES string of the molecule is CN=C(NCCNC(=O)c1cccc(C)c1)NC1CC2CCC1O2.I. The summed E-state index contributed by atoms with van der Waals surface area (Å²) in [6.45, 7) is 3.15. The van der Waals surface area contributed by atoms with Gasteiger partial charge in [0.1, 0.15) is 0 Å². The van der Waals surface area contributed by atoms with E-state index < -0.39 is 0 Å². The first kappa shape index (κ1) is 20.0. The fourth-order valence-electron chi connectivity index (χ4n) is 3.41. The second-order valence-corrected chi connectivity index (χ2v) is 6.48. The van der Waals surface area contributed by atoms with Crippen LogP contribution in [0.5, 0.6) is 0 Å². The largest absolute Gasteiger partial charge is 0.373 e. The molecule has 1 aromatic carbocycles. The number of aliphatic imine (C=N–C) groups is 1. The first-order valence-electron chi connectivity index (χ1n) is 8.63. The van der Waals surface area contributed by atoms with E-state index in [1.807, 2.05) is 31.2 Å². The molecule has 3 rings (SSSR count). The Bertz CT molecular complexity index is 623. The minimum atomic E-state index is -0.0510. The molecule has 0 saturated carbocycles. The van der Waals surface area contributed by atoms with Crippen LogP contribution in [0.3, 0.4) is 0 Å². The lowest BCUT2D eigenvalue weighted by Crippen LogP contribution is -2.48. The summed E-state index contributed by atoms with van der Waals surface area (Å²) < 4.78 is 5.84. The van der Waals surface area contributed by atoms with Gasteiger partial charge in [-0.05, 0) is 38.3 Å². The molecule has 138 valence electrons. The summed E-state index contributed by atoms with van der Waals surface area (Å²) in [6.07, 6.45) is 4.09.